The van der Waals surface area contributed by atoms with E-state index >= 15 is 0 Å². The summed E-state index contributed by atoms with van der Waals surface area (Å²) in [6.07, 6.45) is 0. The normalized spacial score (nSPS) is 15.0. The van der Waals surface area contributed by atoms with Gasteiger partial charge in [0.1, 0.15) is 0 Å². The largest absolute Gasteiger partial charge is 0.310 e. The molecule has 8 rings (SSSR count). The van der Waals surface area contributed by atoms with Crippen LogP contribution in [0.1, 0.15) is 13.7 Å². The third kappa shape index (κ3) is 3.69. The Hall–Kier alpha value is -4.92. The molecule has 0 spiro atoms. The molecule has 8 aromatic rings. The van der Waals surface area contributed by atoms with Gasteiger partial charge in [-0.05, 0) is 69.0 Å². The van der Waals surface area contributed by atoms with E-state index in [9.17, 15) is 0 Å². The van der Waals surface area contributed by atoms with Gasteiger partial charge in [-0.15, -0.1) is 11.3 Å². The molecule has 0 saturated heterocycles. The van der Waals surface area contributed by atoms with Gasteiger partial charge in [0.15, 0.2) is 0 Å². The van der Waals surface area contributed by atoms with Crippen molar-refractivity contribution in [1.82, 2.24) is 0 Å². The van der Waals surface area contributed by atoms with Crippen molar-refractivity contribution in [3.8, 4) is 11.1 Å². The molecular formula is C38H25NS. The fraction of sp³-hybridized carbons (Fsp3) is 0. The number of para-hydroxylation sites is 1. The van der Waals surface area contributed by atoms with E-state index in [1.54, 1.807) is 17.0 Å². The van der Waals surface area contributed by atoms with Gasteiger partial charge in [-0.3, -0.25) is 0 Å². The van der Waals surface area contributed by atoms with E-state index in [1.165, 1.54) is 11.3 Å². The van der Waals surface area contributed by atoms with Crippen molar-refractivity contribution < 1.29 is 13.7 Å². The van der Waals surface area contributed by atoms with Crippen molar-refractivity contribution in [2.24, 2.45) is 0 Å². The monoisotopic (exact) mass is 537 g/mol. The molecule has 0 fully saturated rings. The summed E-state index contributed by atoms with van der Waals surface area (Å²) in [5.74, 6) is 0. The van der Waals surface area contributed by atoms with E-state index in [-0.39, 0.29) is 35.4 Å². The molecule has 0 atom stereocenters. The first-order valence-corrected chi connectivity index (χ1v) is 13.6. The molecule has 2 heteroatoms. The summed E-state index contributed by atoms with van der Waals surface area (Å²) in [5, 5.41) is 5.37. The molecule has 0 radical (unpaired) electrons. The van der Waals surface area contributed by atoms with Crippen molar-refractivity contribution in [3.05, 3.63) is 151 Å². The lowest BCUT2D eigenvalue weighted by molar-refractivity contribution is 1.31. The van der Waals surface area contributed by atoms with Gasteiger partial charge >= 0.3 is 0 Å². The van der Waals surface area contributed by atoms with Crippen LogP contribution in [0, 0.1) is 0 Å². The van der Waals surface area contributed by atoms with Crippen LogP contribution in [0.4, 0.5) is 17.1 Å². The highest BCUT2D eigenvalue weighted by molar-refractivity contribution is 7.26. The molecule has 0 aliphatic carbocycles. The number of hydrogen-bond acceptors (Lipinski definition) is 2. The van der Waals surface area contributed by atoms with Gasteiger partial charge in [-0.25, -0.2) is 0 Å². The van der Waals surface area contributed by atoms with Gasteiger partial charge in [0.25, 0.3) is 0 Å². The number of anilines is 3. The van der Waals surface area contributed by atoms with Gasteiger partial charge < -0.3 is 4.90 Å². The van der Waals surface area contributed by atoms with Crippen LogP contribution in [0.25, 0.3) is 52.8 Å². The van der Waals surface area contributed by atoms with E-state index in [4.69, 9.17) is 13.7 Å². The number of fused-ring (bicyclic) bond motifs is 6. The molecular weight excluding hydrogens is 502 g/mol. The summed E-state index contributed by atoms with van der Waals surface area (Å²) in [6, 6.07) is 24.7. The minimum absolute atomic E-state index is 0.0391. The molecule has 40 heavy (non-hydrogen) atoms. The second kappa shape index (κ2) is 9.37. The fourth-order valence-corrected chi connectivity index (χ4v) is 6.69. The van der Waals surface area contributed by atoms with E-state index in [0.717, 1.165) is 31.6 Å². The average molecular weight is 538 g/mol. The lowest BCUT2D eigenvalue weighted by atomic mass is 9.99. The maximum absolute atomic E-state index is 9.07. The first kappa shape index (κ1) is 15.0. The number of nitrogens with zero attached hydrogens (tertiary/aromatic N) is 1. The van der Waals surface area contributed by atoms with Crippen molar-refractivity contribution in [3.63, 3.8) is 0 Å². The van der Waals surface area contributed by atoms with Crippen LogP contribution in [0.2, 0.25) is 0 Å². The number of rotatable bonds is 4. The number of benzene rings is 7. The zero-order valence-electron chi connectivity index (χ0n) is 31.0. The summed E-state index contributed by atoms with van der Waals surface area (Å²) in [6.45, 7) is 0. The molecule has 0 saturated carbocycles. The first-order valence-electron chi connectivity index (χ1n) is 17.8. The maximum atomic E-state index is 9.07. The Morgan fingerprint density at radius 3 is 2.05 bits per heavy atom. The zero-order valence-corrected chi connectivity index (χ0v) is 21.8. The minimum atomic E-state index is -0.504. The summed E-state index contributed by atoms with van der Waals surface area (Å²) < 4.78 is 87.5. The molecule has 0 bridgehead atoms. The van der Waals surface area contributed by atoms with Crippen molar-refractivity contribution in [2.75, 3.05) is 4.90 Å². The minimum Gasteiger partial charge on any atom is -0.310 e. The second-order valence-electron chi connectivity index (χ2n) is 9.44. The van der Waals surface area contributed by atoms with E-state index < -0.39 is 36.3 Å². The topological polar surface area (TPSA) is 3.24 Å². The fourth-order valence-electron chi connectivity index (χ4n) is 5.45. The van der Waals surface area contributed by atoms with Crippen LogP contribution < -0.4 is 4.90 Å². The third-order valence-electron chi connectivity index (χ3n) is 7.21. The summed E-state index contributed by atoms with van der Waals surface area (Å²) >= 11 is 1.40. The van der Waals surface area contributed by atoms with Crippen molar-refractivity contribution in [1.29, 1.82) is 0 Å². The van der Waals surface area contributed by atoms with Gasteiger partial charge in [-0.1, -0.05) is 115 Å². The predicted octanol–water partition coefficient (Wildman–Crippen LogP) is 11.5. The Kier molecular flexibility index (Phi) is 3.52. The van der Waals surface area contributed by atoms with Crippen molar-refractivity contribution in [2.45, 2.75) is 0 Å². The maximum Gasteiger partial charge on any atom is 0.0645 e. The molecule has 1 heterocycles. The van der Waals surface area contributed by atoms with Gasteiger partial charge in [0.05, 0.1) is 19.4 Å². The van der Waals surface area contributed by atoms with Crippen LogP contribution in [-0.4, -0.2) is 0 Å². The standard InChI is InChI=1S/C38H25NS/c1-3-11-26(12-4-1)32-23-24-35(37-33-17-9-10-18-36(33)40-38(32)37)39(29-14-5-2-6-15-29)30-22-21-28-20-19-27-13-7-8-16-31(27)34(28)25-30/h1-25H/i1D,2D,3D,4D,5D,6D,11D,12D,14D,15D. The van der Waals surface area contributed by atoms with E-state index in [1.807, 2.05) is 78.9 Å². The van der Waals surface area contributed by atoms with Gasteiger partial charge in [0, 0.05) is 31.5 Å². The van der Waals surface area contributed by atoms with Gasteiger partial charge in [0.2, 0.25) is 0 Å². The Morgan fingerprint density at radius 2 is 1.23 bits per heavy atom. The second-order valence-corrected chi connectivity index (χ2v) is 10.5. The van der Waals surface area contributed by atoms with Crippen LogP contribution >= 0.6 is 11.3 Å². The molecule has 188 valence electrons. The highest BCUT2D eigenvalue weighted by atomic mass is 32.1. The Bertz CT molecular complexity index is 2680. The smallest absolute Gasteiger partial charge is 0.0645 e. The van der Waals surface area contributed by atoms with E-state index in [2.05, 4.69) is 0 Å². The molecule has 0 amide bonds. The number of thiophene rings is 1. The lowest BCUT2D eigenvalue weighted by Crippen LogP contribution is -2.10. The molecule has 0 aliphatic rings. The SMILES string of the molecule is [2H]c1c([2H])c([2H])c(-c2ccc(N(c3ccc4ccc5ccccc5c4c3)c3c([2H])c([2H])c([2H])c([2H])c3[2H])c3c2sc2ccccc23)c([2H])c1[2H]. The van der Waals surface area contributed by atoms with Crippen LogP contribution in [-0.2, 0) is 0 Å². The molecule has 1 aromatic heterocycles. The quantitative estimate of drug-likeness (QED) is 0.202. The molecule has 0 N–H and O–H groups in total. The molecule has 1 nitrogen and oxygen atoms in total. The van der Waals surface area contributed by atoms with Gasteiger partial charge in [-0.2, -0.15) is 0 Å². The summed E-state index contributed by atoms with van der Waals surface area (Å²) in [5.41, 5.74) is 1.52. The summed E-state index contributed by atoms with van der Waals surface area (Å²) in [4.78, 5) is 1.69. The highest BCUT2D eigenvalue weighted by Crippen LogP contribution is 2.48. The van der Waals surface area contributed by atoms with Crippen LogP contribution in [0.3, 0.4) is 0 Å². The molecule has 0 unspecified atom stereocenters. The van der Waals surface area contributed by atoms with Crippen molar-refractivity contribution >= 4 is 70.1 Å². The lowest BCUT2D eigenvalue weighted by Gasteiger charge is -2.27. The molecule has 0 aliphatic heterocycles. The Morgan fingerprint density at radius 1 is 0.550 bits per heavy atom. The molecule has 7 aromatic carbocycles. The van der Waals surface area contributed by atoms with Crippen LogP contribution in [0.15, 0.2) is 151 Å². The average Bonchev–Trinajstić information content (AvgIpc) is 3.53. The first-order chi connectivity index (χ1) is 24.0. The van der Waals surface area contributed by atoms with Crippen LogP contribution in [0.5, 0.6) is 0 Å². The third-order valence-corrected chi connectivity index (χ3v) is 8.42. The predicted molar refractivity (Wildman–Crippen MR) is 174 cm³/mol. The van der Waals surface area contributed by atoms with E-state index in [0.29, 0.717) is 27.0 Å². The Balaban J connectivity index is 1.53. The Labute approximate surface area is 251 Å². The highest BCUT2D eigenvalue weighted by Gasteiger charge is 2.21. The summed E-state index contributed by atoms with van der Waals surface area (Å²) in [7, 11) is 0. The number of hydrogen-bond donors (Lipinski definition) is 0. The zero-order chi connectivity index (χ0) is 35.2.